The number of allylic oxidation sites excluding steroid dienone is 2. The van der Waals surface area contributed by atoms with E-state index in [1.54, 1.807) is 0 Å². The van der Waals surface area contributed by atoms with Crippen LogP contribution in [-0.2, 0) is 4.79 Å². The first kappa shape index (κ1) is 58.3. The highest BCUT2D eigenvalue weighted by atomic mass is 16.3. The first-order chi connectivity index (χ1) is 29.2. The van der Waals surface area contributed by atoms with Gasteiger partial charge in [0.15, 0.2) is 0 Å². The summed E-state index contributed by atoms with van der Waals surface area (Å²) in [5.74, 6) is 0.622. The van der Waals surface area contributed by atoms with Gasteiger partial charge < -0.3 is 10.4 Å². The summed E-state index contributed by atoms with van der Waals surface area (Å²) in [6.07, 6.45) is 66.0. The van der Waals surface area contributed by atoms with E-state index in [-0.39, 0.29) is 18.6 Å². The maximum absolute atomic E-state index is 13.9. The van der Waals surface area contributed by atoms with Gasteiger partial charge in [-0.2, -0.15) is 0 Å². The number of unbranched alkanes of at least 4 members (excludes halogenated alkanes) is 39. The topological polar surface area (TPSA) is 49.3 Å². The molecule has 3 nitrogen and oxygen atoms in total. The zero-order valence-electron chi connectivity index (χ0n) is 41.1. The first-order valence-corrected chi connectivity index (χ1v) is 27.7. The highest BCUT2D eigenvalue weighted by molar-refractivity contribution is 5.81. The standard InChI is InChI=1S/C56H111NO2/c1-4-7-10-13-16-19-22-25-28-30-32-35-38-41-44-47-50-55(57-52-53-58)54(49-46-43-40-37-34-31-27-24-21-18-15-12-9-6-3)56(59)51-48-45-42-39-36-33-29-26-23-20-17-14-11-8-5-2/h26,29,54-55,57-58H,4-25,27-28,30-53H2,1-3H3/b29-26-. The number of hydrogen-bond acceptors (Lipinski definition) is 3. The maximum atomic E-state index is 13.9. The van der Waals surface area contributed by atoms with Crippen LogP contribution in [0.25, 0.3) is 0 Å². The third kappa shape index (κ3) is 45.2. The number of ketones is 1. The van der Waals surface area contributed by atoms with Crippen molar-refractivity contribution in [3.05, 3.63) is 12.2 Å². The average molecular weight is 831 g/mol. The average Bonchev–Trinajstić information content (AvgIpc) is 3.24. The minimum absolute atomic E-state index is 0.118. The molecule has 0 aliphatic rings. The van der Waals surface area contributed by atoms with Gasteiger partial charge in [-0.3, -0.25) is 4.79 Å². The number of rotatable bonds is 52. The van der Waals surface area contributed by atoms with Gasteiger partial charge in [-0.1, -0.05) is 277 Å². The van der Waals surface area contributed by atoms with Crippen LogP contribution in [0, 0.1) is 5.92 Å². The molecule has 0 radical (unpaired) electrons. The number of aliphatic hydroxyl groups is 1. The maximum Gasteiger partial charge on any atom is 0.137 e. The molecule has 3 heteroatoms. The van der Waals surface area contributed by atoms with Crippen molar-refractivity contribution in [1.82, 2.24) is 5.32 Å². The molecule has 0 spiro atoms. The smallest absolute Gasteiger partial charge is 0.137 e. The van der Waals surface area contributed by atoms with Crippen molar-refractivity contribution < 1.29 is 9.90 Å². The van der Waals surface area contributed by atoms with Crippen molar-refractivity contribution in [2.45, 2.75) is 322 Å². The van der Waals surface area contributed by atoms with E-state index >= 15 is 0 Å². The number of nitrogens with one attached hydrogen (secondary N) is 1. The van der Waals surface area contributed by atoms with Gasteiger partial charge in [0.2, 0.25) is 0 Å². The van der Waals surface area contributed by atoms with Gasteiger partial charge in [0.1, 0.15) is 5.78 Å². The van der Waals surface area contributed by atoms with Crippen LogP contribution in [0.5, 0.6) is 0 Å². The Hall–Kier alpha value is -0.670. The van der Waals surface area contributed by atoms with Gasteiger partial charge in [-0.25, -0.2) is 0 Å². The van der Waals surface area contributed by atoms with E-state index in [4.69, 9.17) is 0 Å². The highest BCUT2D eigenvalue weighted by Gasteiger charge is 2.26. The van der Waals surface area contributed by atoms with Gasteiger partial charge in [0.05, 0.1) is 6.61 Å². The lowest BCUT2D eigenvalue weighted by Crippen LogP contribution is -2.41. The van der Waals surface area contributed by atoms with Crippen LogP contribution in [0.1, 0.15) is 316 Å². The van der Waals surface area contributed by atoms with E-state index in [1.165, 1.54) is 270 Å². The van der Waals surface area contributed by atoms with Crippen LogP contribution in [0.2, 0.25) is 0 Å². The normalized spacial score (nSPS) is 12.9. The number of hydrogen-bond donors (Lipinski definition) is 2. The summed E-state index contributed by atoms with van der Waals surface area (Å²) < 4.78 is 0. The number of carbonyl (C=O) groups excluding carboxylic acids is 1. The summed E-state index contributed by atoms with van der Waals surface area (Å²) in [5, 5.41) is 13.4. The van der Waals surface area contributed by atoms with Gasteiger partial charge in [0, 0.05) is 24.9 Å². The molecule has 0 bridgehead atoms. The highest BCUT2D eigenvalue weighted by Crippen LogP contribution is 2.24. The second-order valence-electron chi connectivity index (χ2n) is 19.2. The molecule has 0 aromatic carbocycles. The monoisotopic (exact) mass is 830 g/mol. The molecule has 2 N–H and O–H groups in total. The molecule has 0 heterocycles. The largest absolute Gasteiger partial charge is 0.395 e. The van der Waals surface area contributed by atoms with E-state index in [9.17, 15) is 9.90 Å². The molecule has 2 unspecified atom stereocenters. The molecule has 0 aromatic rings. The summed E-state index contributed by atoms with van der Waals surface area (Å²) in [7, 11) is 0. The Labute approximate surface area is 373 Å². The summed E-state index contributed by atoms with van der Waals surface area (Å²) >= 11 is 0. The van der Waals surface area contributed by atoms with Crippen LogP contribution in [-0.4, -0.2) is 30.1 Å². The molecule has 59 heavy (non-hydrogen) atoms. The number of carbonyl (C=O) groups is 1. The SMILES string of the molecule is CCCCCCCC/C=C\CCCCCCCC(=O)C(CCCCCCCCCCCCCCCC)C(CCCCCCCCCCCCCCCCCC)NCCO. The van der Waals surface area contributed by atoms with Crippen molar-refractivity contribution in [2.24, 2.45) is 5.92 Å². The van der Waals surface area contributed by atoms with Crippen LogP contribution in [0.4, 0.5) is 0 Å². The molecule has 0 rings (SSSR count). The molecular formula is C56H111NO2. The van der Waals surface area contributed by atoms with E-state index < -0.39 is 0 Å². The molecule has 0 aliphatic carbocycles. The lowest BCUT2D eigenvalue weighted by Gasteiger charge is -2.28. The second kappa shape index (κ2) is 51.7. The summed E-state index contributed by atoms with van der Waals surface area (Å²) in [6.45, 7) is 7.66. The molecule has 0 aromatic heterocycles. The molecule has 0 fully saturated rings. The van der Waals surface area contributed by atoms with E-state index in [0.29, 0.717) is 12.3 Å². The lowest BCUT2D eigenvalue weighted by atomic mass is 9.84. The Morgan fingerprint density at radius 1 is 0.390 bits per heavy atom. The minimum atomic E-state index is 0.118. The molecule has 0 saturated carbocycles. The van der Waals surface area contributed by atoms with Crippen LogP contribution < -0.4 is 5.32 Å². The van der Waals surface area contributed by atoms with E-state index in [0.717, 1.165) is 25.7 Å². The fraction of sp³-hybridized carbons (Fsp3) is 0.946. The molecule has 2 atom stereocenters. The zero-order chi connectivity index (χ0) is 42.8. The van der Waals surface area contributed by atoms with Crippen molar-refractivity contribution in [2.75, 3.05) is 13.2 Å². The fourth-order valence-corrected chi connectivity index (χ4v) is 9.31. The Morgan fingerprint density at radius 2 is 0.678 bits per heavy atom. The molecular weight excluding hydrogens is 719 g/mol. The van der Waals surface area contributed by atoms with Crippen LogP contribution in [0.15, 0.2) is 12.2 Å². The third-order valence-electron chi connectivity index (χ3n) is 13.3. The quantitative estimate of drug-likeness (QED) is 0.0474. The second-order valence-corrected chi connectivity index (χ2v) is 19.2. The lowest BCUT2D eigenvalue weighted by molar-refractivity contribution is -0.124. The Morgan fingerprint density at radius 3 is 1.02 bits per heavy atom. The van der Waals surface area contributed by atoms with Gasteiger partial charge >= 0.3 is 0 Å². The predicted octanol–water partition coefficient (Wildman–Crippen LogP) is 18.7. The fourth-order valence-electron chi connectivity index (χ4n) is 9.31. The van der Waals surface area contributed by atoms with Crippen molar-refractivity contribution in [3.8, 4) is 0 Å². The molecule has 0 amide bonds. The Balaban J connectivity index is 4.55. The van der Waals surface area contributed by atoms with Gasteiger partial charge in [-0.05, 0) is 44.9 Å². The number of Topliss-reactive ketones (excluding diaryl/α,β-unsaturated/α-hetero) is 1. The molecule has 0 saturated heterocycles. The summed E-state index contributed by atoms with van der Waals surface area (Å²) in [5.41, 5.74) is 0. The third-order valence-corrected chi connectivity index (χ3v) is 13.3. The van der Waals surface area contributed by atoms with Crippen molar-refractivity contribution in [3.63, 3.8) is 0 Å². The Kier molecular flexibility index (Phi) is 51.1. The van der Waals surface area contributed by atoms with Crippen molar-refractivity contribution >= 4 is 5.78 Å². The van der Waals surface area contributed by atoms with E-state index in [1.807, 2.05) is 0 Å². The molecule has 352 valence electrons. The zero-order valence-corrected chi connectivity index (χ0v) is 41.1. The van der Waals surface area contributed by atoms with E-state index in [2.05, 4.69) is 38.2 Å². The predicted molar refractivity (Wildman–Crippen MR) is 266 cm³/mol. The number of aliphatic hydroxyl groups excluding tert-OH is 1. The van der Waals surface area contributed by atoms with Crippen LogP contribution >= 0.6 is 0 Å². The summed E-state index contributed by atoms with van der Waals surface area (Å²) in [4.78, 5) is 13.9. The van der Waals surface area contributed by atoms with Gasteiger partial charge in [0.25, 0.3) is 0 Å². The Bertz CT molecular complexity index is 810. The van der Waals surface area contributed by atoms with Gasteiger partial charge in [-0.15, -0.1) is 0 Å². The summed E-state index contributed by atoms with van der Waals surface area (Å²) in [6, 6.07) is 0.228. The minimum Gasteiger partial charge on any atom is -0.395 e. The molecule has 0 aliphatic heterocycles. The first-order valence-electron chi connectivity index (χ1n) is 27.7. The van der Waals surface area contributed by atoms with Crippen LogP contribution in [0.3, 0.4) is 0 Å². The van der Waals surface area contributed by atoms with Crippen molar-refractivity contribution in [1.29, 1.82) is 0 Å².